The highest BCUT2D eigenvalue weighted by atomic mass is 31.2. The van der Waals surface area contributed by atoms with Gasteiger partial charge >= 0.3 is 39.5 Å². The van der Waals surface area contributed by atoms with Gasteiger partial charge in [-0.2, -0.15) is 0 Å². The molecule has 0 aromatic carbocycles. The summed E-state index contributed by atoms with van der Waals surface area (Å²) in [7, 11) is -9.92. The van der Waals surface area contributed by atoms with Crippen molar-refractivity contribution in [2.24, 2.45) is 11.8 Å². The number of unbranched alkanes of at least 4 members (excludes halogenated alkanes) is 50. The monoisotopic (exact) mass is 1470 g/mol. The third-order valence-corrected chi connectivity index (χ3v) is 20.9. The summed E-state index contributed by atoms with van der Waals surface area (Å²) in [6.45, 7) is 9.68. The van der Waals surface area contributed by atoms with Gasteiger partial charge in [-0.1, -0.05) is 375 Å². The van der Waals surface area contributed by atoms with Crippen LogP contribution in [0.15, 0.2) is 0 Å². The highest BCUT2D eigenvalue weighted by molar-refractivity contribution is 7.47. The van der Waals surface area contributed by atoms with Crippen LogP contribution in [-0.4, -0.2) is 96.7 Å². The number of carbonyl (C=O) groups excluding carboxylic acids is 4. The van der Waals surface area contributed by atoms with Gasteiger partial charge in [0.1, 0.15) is 19.3 Å². The zero-order valence-electron chi connectivity index (χ0n) is 65.5. The number of esters is 4. The predicted octanol–water partition coefficient (Wildman–Crippen LogP) is 24.3. The van der Waals surface area contributed by atoms with Crippen molar-refractivity contribution < 1.29 is 80.2 Å². The van der Waals surface area contributed by atoms with E-state index in [0.717, 1.165) is 102 Å². The molecule has 5 atom stereocenters. The van der Waals surface area contributed by atoms with Gasteiger partial charge in [0.2, 0.25) is 0 Å². The fourth-order valence-electron chi connectivity index (χ4n) is 12.5. The van der Waals surface area contributed by atoms with Gasteiger partial charge in [0.25, 0.3) is 0 Å². The molecule has 2 unspecified atom stereocenters. The van der Waals surface area contributed by atoms with E-state index in [4.69, 9.17) is 37.0 Å². The molecule has 0 fully saturated rings. The smallest absolute Gasteiger partial charge is 0.462 e. The van der Waals surface area contributed by atoms with Crippen molar-refractivity contribution in [1.82, 2.24) is 0 Å². The number of hydrogen-bond donors (Lipinski definition) is 3. The predicted molar refractivity (Wildman–Crippen MR) is 409 cm³/mol. The van der Waals surface area contributed by atoms with E-state index < -0.39 is 97.5 Å². The number of hydrogen-bond acceptors (Lipinski definition) is 15. The highest BCUT2D eigenvalue weighted by Gasteiger charge is 2.30. The number of carbonyl (C=O) groups is 4. The van der Waals surface area contributed by atoms with Crippen LogP contribution >= 0.6 is 15.6 Å². The first-order valence-corrected chi connectivity index (χ1v) is 45.0. The minimum atomic E-state index is -4.96. The number of aliphatic hydroxyl groups excluding tert-OH is 1. The lowest BCUT2D eigenvalue weighted by molar-refractivity contribution is -0.161. The summed E-state index contributed by atoms with van der Waals surface area (Å²) in [5.74, 6) is -0.486. The standard InChI is InChI=1S/C81H158O17P2/c1-7-9-11-13-15-17-18-27-35-41-47-53-59-65-80(85)97-76(69-91-78(83)63-57-51-45-37-16-14-12-10-8-2)71-95-99(87,88)93-67-75(82)68-94-100(89,90)96-72-77(98-81(86)66-60-54-48-42-36-31-26-22-20-24-29-33-39-44-50-56-62-74(5)6)70-92-79(84)64-58-52-46-40-34-30-25-21-19-23-28-32-38-43-49-55-61-73(3)4/h73-77,82H,7-72H2,1-6H3,(H,87,88)(H,89,90)/t75-,76+,77+/m0/s1. The van der Waals surface area contributed by atoms with Crippen molar-refractivity contribution in [1.29, 1.82) is 0 Å². The first-order valence-electron chi connectivity index (χ1n) is 42.0. The van der Waals surface area contributed by atoms with Gasteiger partial charge in [-0.3, -0.25) is 37.3 Å². The van der Waals surface area contributed by atoms with E-state index >= 15 is 0 Å². The lowest BCUT2D eigenvalue weighted by Crippen LogP contribution is -2.30. The Morgan fingerprint density at radius 3 is 0.680 bits per heavy atom. The van der Waals surface area contributed by atoms with Crippen molar-refractivity contribution in [2.45, 2.75) is 445 Å². The summed E-state index contributed by atoms with van der Waals surface area (Å²) in [5, 5.41) is 10.6. The van der Waals surface area contributed by atoms with Crippen LogP contribution in [0.5, 0.6) is 0 Å². The molecule has 3 N–H and O–H groups in total. The zero-order chi connectivity index (χ0) is 73.5. The second kappa shape index (κ2) is 72.6. The Bertz CT molecular complexity index is 1920. The first kappa shape index (κ1) is 98.1. The number of ether oxygens (including phenoxy) is 4. The molecule has 0 amide bonds. The fraction of sp³-hybridized carbons (Fsp3) is 0.951. The summed E-state index contributed by atoms with van der Waals surface area (Å²) in [5.41, 5.74) is 0. The average Bonchev–Trinajstić information content (AvgIpc) is 0.977. The molecule has 0 aromatic heterocycles. The lowest BCUT2D eigenvalue weighted by Gasteiger charge is -2.21. The molecule has 0 aliphatic rings. The molecule has 0 aliphatic heterocycles. The van der Waals surface area contributed by atoms with Gasteiger partial charge in [-0.05, 0) is 37.5 Å². The SMILES string of the molecule is CCCCCCCCCCCCCCCC(=O)O[C@H](COC(=O)CCCCCCCCCCC)COP(=O)(O)OC[C@H](O)COP(=O)(O)OC[C@@H](COC(=O)CCCCCCCCCCCCCCCCCCC(C)C)OC(=O)CCCCCCCCCCCCCCCCCCC(C)C. The van der Waals surface area contributed by atoms with E-state index in [1.165, 1.54) is 244 Å². The van der Waals surface area contributed by atoms with E-state index in [1.807, 2.05) is 0 Å². The van der Waals surface area contributed by atoms with Crippen LogP contribution in [0, 0.1) is 11.8 Å². The molecule has 0 aliphatic carbocycles. The molecule has 594 valence electrons. The molecule has 0 saturated heterocycles. The number of phosphoric ester groups is 2. The maximum atomic E-state index is 13.1. The minimum absolute atomic E-state index is 0.108. The van der Waals surface area contributed by atoms with Gasteiger partial charge in [0.15, 0.2) is 12.2 Å². The summed E-state index contributed by atoms with van der Waals surface area (Å²) in [6, 6.07) is 0. The summed E-state index contributed by atoms with van der Waals surface area (Å²) in [6.07, 6.45) is 62.4. The molecule has 0 saturated carbocycles. The summed E-state index contributed by atoms with van der Waals surface area (Å²) < 4.78 is 68.7. The Kier molecular flexibility index (Phi) is 71.2. The molecule has 0 heterocycles. The summed E-state index contributed by atoms with van der Waals surface area (Å²) in [4.78, 5) is 73.0. The van der Waals surface area contributed by atoms with E-state index in [-0.39, 0.29) is 25.7 Å². The molecule has 0 spiro atoms. The molecule has 0 radical (unpaired) electrons. The average molecular weight is 1470 g/mol. The maximum Gasteiger partial charge on any atom is 0.472 e. The number of phosphoric acid groups is 2. The van der Waals surface area contributed by atoms with Crippen molar-refractivity contribution >= 4 is 39.5 Å². The highest BCUT2D eigenvalue weighted by Crippen LogP contribution is 2.45. The quantitative estimate of drug-likeness (QED) is 0.0222. The molecule has 0 bridgehead atoms. The lowest BCUT2D eigenvalue weighted by atomic mass is 10.0. The van der Waals surface area contributed by atoms with Crippen LogP contribution in [0.4, 0.5) is 0 Å². The van der Waals surface area contributed by atoms with Crippen molar-refractivity contribution in [3.8, 4) is 0 Å². The Balaban J connectivity index is 5.21. The largest absolute Gasteiger partial charge is 0.472 e. The van der Waals surface area contributed by atoms with Gasteiger partial charge < -0.3 is 33.8 Å². The van der Waals surface area contributed by atoms with E-state index in [1.54, 1.807) is 0 Å². The third-order valence-electron chi connectivity index (χ3n) is 19.0. The van der Waals surface area contributed by atoms with Crippen LogP contribution < -0.4 is 0 Å². The van der Waals surface area contributed by atoms with Crippen LogP contribution in [0.3, 0.4) is 0 Å². The maximum absolute atomic E-state index is 13.1. The summed E-state index contributed by atoms with van der Waals surface area (Å²) >= 11 is 0. The Hall–Kier alpha value is -1.94. The van der Waals surface area contributed by atoms with Gasteiger partial charge in [-0.25, -0.2) is 9.13 Å². The number of aliphatic hydroxyl groups is 1. The topological polar surface area (TPSA) is 237 Å². The van der Waals surface area contributed by atoms with E-state index in [0.29, 0.717) is 25.7 Å². The molecule has 17 nitrogen and oxygen atoms in total. The second-order valence-corrected chi connectivity index (χ2v) is 33.0. The molecule has 0 rings (SSSR count). The van der Waals surface area contributed by atoms with Crippen LogP contribution in [0.2, 0.25) is 0 Å². The zero-order valence-corrected chi connectivity index (χ0v) is 67.3. The Labute approximate surface area is 613 Å². The number of rotatable bonds is 80. The van der Waals surface area contributed by atoms with Crippen LogP contribution in [0.25, 0.3) is 0 Å². The Morgan fingerprint density at radius 1 is 0.270 bits per heavy atom. The first-order chi connectivity index (χ1) is 48.4. The van der Waals surface area contributed by atoms with Gasteiger partial charge in [-0.15, -0.1) is 0 Å². The molecule has 100 heavy (non-hydrogen) atoms. The van der Waals surface area contributed by atoms with Crippen molar-refractivity contribution in [3.05, 3.63) is 0 Å². The molecule has 19 heteroatoms. The fourth-order valence-corrected chi connectivity index (χ4v) is 14.1. The third kappa shape index (κ3) is 74.3. The molecular weight excluding hydrogens is 1310 g/mol. The Morgan fingerprint density at radius 2 is 0.460 bits per heavy atom. The molecular formula is C81H158O17P2. The van der Waals surface area contributed by atoms with Gasteiger partial charge in [0.05, 0.1) is 26.4 Å². The normalized spacial score (nSPS) is 13.9. The van der Waals surface area contributed by atoms with Crippen molar-refractivity contribution in [2.75, 3.05) is 39.6 Å². The van der Waals surface area contributed by atoms with Crippen LogP contribution in [0.1, 0.15) is 427 Å². The van der Waals surface area contributed by atoms with E-state index in [9.17, 15) is 43.2 Å². The minimum Gasteiger partial charge on any atom is -0.462 e. The molecule has 0 aromatic rings. The van der Waals surface area contributed by atoms with Crippen molar-refractivity contribution in [3.63, 3.8) is 0 Å². The van der Waals surface area contributed by atoms with Gasteiger partial charge in [0, 0.05) is 25.7 Å². The van der Waals surface area contributed by atoms with Crippen LogP contribution in [-0.2, 0) is 65.4 Å². The van der Waals surface area contributed by atoms with E-state index in [2.05, 4.69) is 41.5 Å². The second-order valence-electron chi connectivity index (χ2n) is 30.1.